The van der Waals surface area contributed by atoms with Crippen LogP contribution in [0, 0.1) is 6.92 Å². The van der Waals surface area contributed by atoms with Crippen LogP contribution in [0.1, 0.15) is 42.4 Å². The zero-order chi connectivity index (χ0) is 13.8. The van der Waals surface area contributed by atoms with E-state index in [2.05, 4.69) is 54.7 Å². The van der Waals surface area contributed by atoms with E-state index in [-0.39, 0.29) is 6.04 Å². The van der Waals surface area contributed by atoms with E-state index in [1.165, 1.54) is 11.1 Å². The summed E-state index contributed by atoms with van der Waals surface area (Å²) >= 11 is 0. The minimum atomic E-state index is -0.0207. The lowest BCUT2D eigenvalue weighted by Gasteiger charge is -2.18. The maximum Gasteiger partial charge on any atom is 0.0878 e. The van der Waals surface area contributed by atoms with Gasteiger partial charge in [0.05, 0.1) is 17.4 Å². The third-order valence-electron chi connectivity index (χ3n) is 3.39. The minimum Gasteiger partial charge on any atom is -0.271 e. The molecule has 0 spiro atoms. The lowest BCUT2D eigenvalue weighted by molar-refractivity contribution is 0.542. The van der Waals surface area contributed by atoms with Crippen LogP contribution in [-0.4, -0.2) is 9.78 Å². The molecule has 1 heterocycles. The number of nitrogens with zero attached hydrogens (tertiary/aromatic N) is 2. The molecule has 1 atom stereocenters. The van der Waals surface area contributed by atoms with Crippen molar-refractivity contribution in [1.29, 1.82) is 0 Å². The average Bonchev–Trinajstić information content (AvgIpc) is 2.81. The van der Waals surface area contributed by atoms with Gasteiger partial charge in [0.1, 0.15) is 0 Å². The molecule has 4 nitrogen and oxygen atoms in total. The van der Waals surface area contributed by atoms with Gasteiger partial charge >= 0.3 is 0 Å². The van der Waals surface area contributed by atoms with Gasteiger partial charge in [-0.05, 0) is 37.5 Å². The Morgan fingerprint density at radius 2 is 2.11 bits per heavy atom. The van der Waals surface area contributed by atoms with Crippen molar-refractivity contribution in [3.63, 3.8) is 0 Å². The maximum absolute atomic E-state index is 5.77. The molecule has 0 fully saturated rings. The van der Waals surface area contributed by atoms with Crippen molar-refractivity contribution in [3.05, 3.63) is 52.8 Å². The van der Waals surface area contributed by atoms with Gasteiger partial charge in [-0.15, -0.1) is 0 Å². The summed E-state index contributed by atoms with van der Waals surface area (Å²) < 4.78 is 2.00. The van der Waals surface area contributed by atoms with Gasteiger partial charge < -0.3 is 0 Å². The first-order valence-corrected chi connectivity index (χ1v) is 6.78. The molecule has 0 bridgehead atoms. The zero-order valence-corrected chi connectivity index (χ0v) is 11.9. The fourth-order valence-electron chi connectivity index (χ4n) is 2.40. The predicted octanol–water partition coefficient (Wildman–Crippen LogP) is 2.33. The van der Waals surface area contributed by atoms with Crippen LogP contribution in [0.15, 0.2) is 30.3 Å². The second kappa shape index (κ2) is 5.99. The number of hydrogen-bond acceptors (Lipinski definition) is 3. The number of hydrazine groups is 1. The molecule has 19 heavy (non-hydrogen) atoms. The van der Waals surface area contributed by atoms with Crippen molar-refractivity contribution in [2.24, 2.45) is 5.84 Å². The summed E-state index contributed by atoms with van der Waals surface area (Å²) in [5.41, 5.74) is 7.53. The van der Waals surface area contributed by atoms with Gasteiger partial charge in [0.15, 0.2) is 0 Å². The number of nitrogens with two attached hydrogens (primary N) is 1. The van der Waals surface area contributed by atoms with Crippen molar-refractivity contribution in [2.75, 3.05) is 0 Å². The monoisotopic (exact) mass is 258 g/mol. The summed E-state index contributed by atoms with van der Waals surface area (Å²) in [5, 5.41) is 4.49. The van der Waals surface area contributed by atoms with Crippen LogP contribution in [-0.2, 0) is 13.0 Å². The quantitative estimate of drug-likeness (QED) is 0.639. The summed E-state index contributed by atoms with van der Waals surface area (Å²) in [6.45, 7) is 7.09. The number of nitrogens with one attached hydrogen (secondary N) is 1. The van der Waals surface area contributed by atoms with E-state index in [1.807, 2.05) is 11.6 Å². The van der Waals surface area contributed by atoms with Crippen molar-refractivity contribution in [1.82, 2.24) is 15.2 Å². The third kappa shape index (κ3) is 2.85. The molecule has 2 aromatic rings. The van der Waals surface area contributed by atoms with Crippen LogP contribution in [0.25, 0.3) is 0 Å². The van der Waals surface area contributed by atoms with E-state index in [1.54, 1.807) is 0 Å². The first-order valence-electron chi connectivity index (χ1n) is 6.78. The Hall–Kier alpha value is -1.65. The Labute approximate surface area is 114 Å². The Morgan fingerprint density at radius 1 is 1.32 bits per heavy atom. The van der Waals surface area contributed by atoms with E-state index in [0.717, 1.165) is 24.4 Å². The van der Waals surface area contributed by atoms with E-state index in [4.69, 9.17) is 5.84 Å². The van der Waals surface area contributed by atoms with Gasteiger partial charge in [-0.25, -0.2) is 5.43 Å². The lowest BCUT2D eigenvalue weighted by Crippen LogP contribution is -2.30. The summed E-state index contributed by atoms with van der Waals surface area (Å²) in [6.07, 6.45) is 1.02. The molecule has 0 aliphatic rings. The van der Waals surface area contributed by atoms with Gasteiger partial charge in [0.2, 0.25) is 0 Å². The summed E-state index contributed by atoms with van der Waals surface area (Å²) in [4.78, 5) is 0. The third-order valence-corrected chi connectivity index (χ3v) is 3.39. The van der Waals surface area contributed by atoms with Gasteiger partial charge in [0.25, 0.3) is 0 Å². The highest BCUT2D eigenvalue weighted by atomic mass is 15.3. The zero-order valence-electron chi connectivity index (χ0n) is 11.9. The predicted molar refractivity (Wildman–Crippen MR) is 77.6 cm³/mol. The standard InChI is InChI=1S/C15H22N4/c1-4-12-7-6-8-13(10-12)15(17-16)14-9-11(3)18-19(14)5-2/h6-10,15,17H,4-5,16H2,1-3H3. The molecule has 3 N–H and O–H groups in total. The second-order valence-electron chi connectivity index (χ2n) is 4.72. The Morgan fingerprint density at radius 3 is 2.74 bits per heavy atom. The summed E-state index contributed by atoms with van der Waals surface area (Å²) in [5.74, 6) is 5.77. The van der Waals surface area contributed by atoms with Crippen molar-refractivity contribution < 1.29 is 0 Å². The number of rotatable bonds is 5. The smallest absolute Gasteiger partial charge is 0.0878 e. The maximum atomic E-state index is 5.77. The summed E-state index contributed by atoms with van der Waals surface area (Å²) in [7, 11) is 0. The molecule has 0 amide bonds. The normalized spacial score (nSPS) is 12.6. The number of aromatic nitrogens is 2. The lowest BCUT2D eigenvalue weighted by atomic mass is 10.0. The van der Waals surface area contributed by atoms with E-state index < -0.39 is 0 Å². The topological polar surface area (TPSA) is 55.9 Å². The highest BCUT2D eigenvalue weighted by molar-refractivity contribution is 5.32. The van der Waals surface area contributed by atoms with Crippen LogP contribution in [0.3, 0.4) is 0 Å². The van der Waals surface area contributed by atoms with Crippen molar-refractivity contribution >= 4 is 0 Å². The van der Waals surface area contributed by atoms with Gasteiger partial charge in [-0.1, -0.05) is 31.2 Å². The van der Waals surface area contributed by atoms with Crippen LogP contribution >= 0.6 is 0 Å². The Kier molecular flexibility index (Phi) is 4.35. The first kappa shape index (κ1) is 13.8. The second-order valence-corrected chi connectivity index (χ2v) is 4.72. The van der Waals surface area contributed by atoms with Gasteiger partial charge in [-0.3, -0.25) is 10.5 Å². The molecule has 0 aliphatic carbocycles. The Bertz CT molecular complexity index is 545. The molecule has 0 radical (unpaired) electrons. The summed E-state index contributed by atoms with van der Waals surface area (Å²) in [6, 6.07) is 10.6. The minimum absolute atomic E-state index is 0.0207. The van der Waals surface area contributed by atoms with Crippen molar-refractivity contribution in [2.45, 2.75) is 39.8 Å². The molecule has 0 saturated heterocycles. The Balaban J connectivity index is 2.43. The van der Waals surface area contributed by atoms with Gasteiger partial charge in [0, 0.05) is 6.54 Å². The van der Waals surface area contributed by atoms with Crippen LogP contribution in [0.2, 0.25) is 0 Å². The molecule has 1 aromatic heterocycles. The number of aryl methyl sites for hydroxylation is 3. The molecular formula is C15H22N4. The van der Waals surface area contributed by atoms with E-state index in [9.17, 15) is 0 Å². The largest absolute Gasteiger partial charge is 0.271 e. The molecule has 0 aliphatic heterocycles. The number of hydrogen-bond donors (Lipinski definition) is 2. The highest BCUT2D eigenvalue weighted by Crippen LogP contribution is 2.23. The van der Waals surface area contributed by atoms with E-state index >= 15 is 0 Å². The molecule has 1 aromatic carbocycles. The SMILES string of the molecule is CCc1cccc(C(NN)c2cc(C)nn2CC)c1. The van der Waals surface area contributed by atoms with Crippen LogP contribution < -0.4 is 11.3 Å². The van der Waals surface area contributed by atoms with Crippen LogP contribution in [0.4, 0.5) is 0 Å². The molecule has 102 valence electrons. The molecule has 4 heteroatoms. The van der Waals surface area contributed by atoms with E-state index in [0.29, 0.717) is 0 Å². The van der Waals surface area contributed by atoms with Crippen LogP contribution in [0.5, 0.6) is 0 Å². The fourth-order valence-corrected chi connectivity index (χ4v) is 2.40. The molecule has 0 saturated carbocycles. The highest BCUT2D eigenvalue weighted by Gasteiger charge is 2.17. The first-order chi connectivity index (χ1) is 9.19. The average molecular weight is 258 g/mol. The van der Waals surface area contributed by atoms with Gasteiger partial charge in [-0.2, -0.15) is 5.10 Å². The number of benzene rings is 1. The fraction of sp³-hybridized carbons (Fsp3) is 0.400. The molecule has 2 rings (SSSR count). The van der Waals surface area contributed by atoms with Crippen molar-refractivity contribution in [3.8, 4) is 0 Å². The molecular weight excluding hydrogens is 236 g/mol. The molecule has 1 unspecified atom stereocenters.